The van der Waals surface area contributed by atoms with E-state index in [4.69, 9.17) is 16.3 Å². The number of fused-ring (bicyclic) bond motifs is 1. The molecule has 1 heterocycles. The Hall–Kier alpha value is -1.48. The van der Waals surface area contributed by atoms with Crippen molar-refractivity contribution in [3.63, 3.8) is 0 Å². The molecule has 1 aromatic heterocycles. The summed E-state index contributed by atoms with van der Waals surface area (Å²) in [6.07, 6.45) is 1.24. The van der Waals surface area contributed by atoms with E-state index >= 15 is 0 Å². The van der Waals surface area contributed by atoms with E-state index in [2.05, 4.69) is 4.98 Å². The maximum Gasteiger partial charge on any atom is 0.130 e. The Morgan fingerprint density at radius 3 is 2.78 bits per heavy atom. The molecular formula is C14H16ClNO2. The largest absolute Gasteiger partial charge is 0.496 e. The van der Waals surface area contributed by atoms with Crippen LogP contribution in [0.4, 0.5) is 0 Å². The van der Waals surface area contributed by atoms with Crippen molar-refractivity contribution in [1.29, 1.82) is 0 Å². The molecule has 1 N–H and O–H groups in total. The minimum atomic E-state index is 0.185. The number of nitrogens with one attached hydrogen (secondary N) is 1. The number of aromatic amines is 1. The lowest BCUT2D eigenvalue weighted by Crippen LogP contribution is -1.95. The Morgan fingerprint density at radius 2 is 2.17 bits per heavy atom. The van der Waals surface area contributed by atoms with Gasteiger partial charge in [-0.05, 0) is 38.0 Å². The monoisotopic (exact) mass is 265 g/mol. The lowest BCUT2D eigenvalue weighted by Gasteiger charge is -2.06. The number of hydrogen-bond acceptors (Lipinski definition) is 2. The number of carbonyl (C=O) groups is 1. The molecule has 96 valence electrons. The van der Waals surface area contributed by atoms with Crippen LogP contribution in [0.5, 0.6) is 5.75 Å². The van der Waals surface area contributed by atoms with Crippen LogP contribution in [0.1, 0.15) is 24.6 Å². The summed E-state index contributed by atoms with van der Waals surface area (Å²) >= 11 is 6.18. The number of Topliss-reactive ketones (excluding diaryl/α,β-unsaturated/α-hetero) is 1. The first-order chi connectivity index (χ1) is 8.54. The van der Waals surface area contributed by atoms with Crippen molar-refractivity contribution in [3.05, 3.63) is 28.4 Å². The van der Waals surface area contributed by atoms with Gasteiger partial charge in [-0.1, -0.05) is 11.6 Å². The molecule has 2 rings (SSSR count). The van der Waals surface area contributed by atoms with Gasteiger partial charge in [0.2, 0.25) is 0 Å². The van der Waals surface area contributed by atoms with Crippen LogP contribution < -0.4 is 4.74 Å². The molecule has 2 aromatic rings. The van der Waals surface area contributed by atoms with Crippen molar-refractivity contribution in [2.75, 3.05) is 7.11 Å². The van der Waals surface area contributed by atoms with E-state index in [0.717, 1.165) is 27.9 Å². The summed E-state index contributed by atoms with van der Waals surface area (Å²) in [6, 6.07) is 3.67. The molecule has 0 spiro atoms. The zero-order chi connectivity index (χ0) is 13.3. The standard InChI is InChI=1S/C14H16ClNO2/c1-8(17)4-5-10-9(2)16-14-11(15)6-7-12(18-3)13(10)14/h6-7,16H,4-5H2,1-3H3. The first kappa shape index (κ1) is 13.0. The summed E-state index contributed by atoms with van der Waals surface area (Å²) < 4.78 is 5.38. The maximum absolute atomic E-state index is 11.1. The number of hydrogen-bond donors (Lipinski definition) is 1. The second-order valence-corrected chi connectivity index (χ2v) is 4.84. The van der Waals surface area contributed by atoms with Gasteiger partial charge in [-0.25, -0.2) is 0 Å². The molecule has 0 fully saturated rings. The topological polar surface area (TPSA) is 42.1 Å². The van der Waals surface area contributed by atoms with Crippen molar-refractivity contribution in [2.24, 2.45) is 0 Å². The number of halogens is 1. The summed E-state index contributed by atoms with van der Waals surface area (Å²) in [6.45, 7) is 3.60. The number of H-pyrrole nitrogens is 1. The summed E-state index contributed by atoms with van der Waals surface area (Å²) in [7, 11) is 1.64. The molecule has 0 bridgehead atoms. The Bertz CT molecular complexity index is 601. The zero-order valence-corrected chi connectivity index (χ0v) is 11.5. The molecule has 0 atom stereocenters. The van der Waals surface area contributed by atoms with Gasteiger partial charge in [0.1, 0.15) is 11.5 Å². The highest BCUT2D eigenvalue weighted by molar-refractivity contribution is 6.35. The third kappa shape index (κ3) is 2.23. The maximum atomic E-state index is 11.1. The normalized spacial score (nSPS) is 10.9. The molecule has 0 saturated heterocycles. The van der Waals surface area contributed by atoms with Gasteiger partial charge in [0.05, 0.1) is 17.6 Å². The van der Waals surface area contributed by atoms with Gasteiger partial charge >= 0.3 is 0 Å². The molecule has 0 amide bonds. The Kier molecular flexibility index (Phi) is 3.62. The molecular weight excluding hydrogens is 250 g/mol. The highest BCUT2D eigenvalue weighted by atomic mass is 35.5. The predicted molar refractivity (Wildman–Crippen MR) is 73.6 cm³/mol. The summed E-state index contributed by atoms with van der Waals surface area (Å²) in [5, 5.41) is 1.66. The molecule has 3 nitrogen and oxygen atoms in total. The Balaban J connectivity index is 2.60. The lowest BCUT2D eigenvalue weighted by molar-refractivity contribution is -0.116. The third-order valence-corrected chi connectivity index (χ3v) is 3.45. The highest BCUT2D eigenvalue weighted by Gasteiger charge is 2.15. The number of carbonyl (C=O) groups excluding carboxylic acids is 1. The first-order valence-corrected chi connectivity index (χ1v) is 6.25. The average molecular weight is 266 g/mol. The average Bonchev–Trinajstić information content (AvgIpc) is 2.65. The SMILES string of the molecule is COc1ccc(Cl)c2[nH]c(C)c(CCC(C)=O)c12. The van der Waals surface area contributed by atoms with Crippen molar-refractivity contribution in [2.45, 2.75) is 26.7 Å². The van der Waals surface area contributed by atoms with Gasteiger partial charge in [-0.3, -0.25) is 0 Å². The lowest BCUT2D eigenvalue weighted by atomic mass is 10.0. The van der Waals surface area contributed by atoms with Gasteiger partial charge < -0.3 is 14.5 Å². The summed E-state index contributed by atoms with van der Waals surface area (Å²) in [4.78, 5) is 14.4. The number of aryl methyl sites for hydroxylation is 2. The van der Waals surface area contributed by atoms with Crippen molar-refractivity contribution >= 4 is 28.3 Å². The minimum absolute atomic E-state index is 0.185. The fourth-order valence-corrected chi connectivity index (χ4v) is 2.42. The van der Waals surface area contributed by atoms with Crippen molar-refractivity contribution in [1.82, 2.24) is 4.98 Å². The molecule has 0 aliphatic carbocycles. The summed E-state index contributed by atoms with van der Waals surface area (Å²) in [5.74, 6) is 0.974. The van der Waals surface area contributed by atoms with Crippen LogP contribution in [0.25, 0.3) is 10.9 Å². The predicted octanol–water partition coefficient (Wildman–Crippen LogP) is 3.66. The van der Waals surface area contributed by atoms with E-state index < -0.39 is 0 Å². The van der Waals surface area contributed by atoms with Crippen molar-refractivity contribution in [3.8, 4) is 5.75 Å². The number of aromatic nitrogens is 1. The first-order valence-electron chi connectivity index (χ1n) is 5.87. The van der Waals surface area contributed by atoms with Gasteiger partial charge in [-0.15, -0.1) is 0 Å². The third-order valence-electron chi connectivity index (χ3n) is 3.13. The molecule has 0 unspecified atom stereocenters. The number of methoxy groups -OCH3 is 1. The number of benzene rings is 1. The van der Waals surface area contributed by atoms with Gasteiger partial charge in [-0.2, -0.15) is 0 Å². The van der Waals surface area contributed by atoms with Crippen LogP contribution in [0.3, 0.4) is 0 Å². The molecule has 0 aliphatic rings. The number of ketones is 1. The molecule has 1 aromatic carbocycles. The molecule has 0 radical (unpaired) electrons. The van der Waals surface area contributed by atoms with Crippen LogP contribution in [0.15, 0.2) is 12.1 Å². The highest BCUT2D eigenvalue weighted by Crippen LogP contribution is 2.35. The van der Waals surface area contributed by atoms with E-state index in [0.29, 0.717) is 17.9 Å². The van der Waals surface area contributed by atoms with Crippen LogP contribution >= 0.6 is 11.6 Å². The van der Waals surface area contributed by atoms with Gasteiger partial charge in [0.15, 0.2) is 0 Å². The van der Waals surface area contributed by atoms with E-state index in [9.17, 15) is 4.79 Å². The van der Waals surface area contributed by atoms with Crippen molar-refractivity contribution < 1.29 is 9.53 Å². The molecule has 0 saturated carbocycles. The van der Waals surface area contributed by atoms with Crippen LogP contribution in [0.2, 0.25) is 5.02 Å². The molecule has 0 aliphatic heterocycles. The van der Waals surface area contributed by atoms with E-state index in [1.807, 2.05) is 19.1 Å². The van der Waals surface area contributed by atoms with Gasteiger partial charge in [0, 0.05) is 17.5 Å². The van der Waals surface area contributed by atoms with E-state index in [1.54, 1.807) is 14.0 Å². The Labute approximate surface area is 111 Å². The second kappa shape index (κ2) is 5.02. The van der Waals surface area contributed by atoms with E-state index in [-0.39, 0.29) is 5.78 Å². The molecule has 4 heteroatoms. The smallest absolute Gasteiger partial charge is 0.130 e. The van der Waals surface area contributed by atoms with Crippen LogP contribution in [0, 0.1) is 6.92 Å². The van der Waals surface area contributed by atoms with Gasteiger partial charge in [0.25, 0.3) is 0 Å². The zero-order valence-electron chi connectivity index (χ0n) is 10.8. The molecule has 18 heavy (non-hydrogen) atoms. The van der Waals surface area contributed by atoms with Crippen LogP contribution in [-0.2, 0) is 11.2 Å². The second-order valence-electron chi connectivity index (χ2n) is 4.43. The summed E-state index contributed by atoms with van der Waals surface area (Å²) in [5.41, 5.74) is 3.03. The fraction of sp³-hybridized carbons (Fsp3) is 0.357. The number of rotatable bonds is 4. The van der Waals surface area contributed by atoms with Crippen LogP contribution in [-0.4, -0.2) is 17.9 Å². The Morgan fingerprint density at radius 1 is 1.44 bits per heavy atom. The number of ether oxygens (including phenoxy) is 1. The minimum Gasteiger partial charge on any atom is -0.496 e. The van der Waals surface area contributed by atoms with E-state index in [1.165, 1.54) is 0 Å². The fourth-order valence-electron chi connectivity index (χ4n) is 2.21. The quantitative estimate of drug-likeness (QED) is 0.917.